The van der Waals surface area contributed by atoms with Crippen LogP contribution in [0.1, 0.15) is 64.5 Å². The summed E-state index contributed by atoms with van der Waals surface area (Å²) in [5.41, 5.74) is 1.70. The van der Waals surface area contributed by atoms with Gasteiger partial charge in [0.05, 0.1) is 25.4 Å². The van der Waals surface area contributed by atoms with Crippen molar-refractivity contribution >= 4 is 33.8 Å². The van der Waals surface area contributed by atoms with Gasteiger partial charge in [0.25, 0.3) is 0 Å². The number of rotatable bonds is 26. The summed E-state index contributed by atoms with van der Waals surface area (Å²) in [6, 6.07) is 5.33. The lowest BCUT2D eigenvalue weighted by molar-refractivity contribution is -0.130. The molecule has 1 rings (SSSR count). The topological polar surface area (TPSA) is 249 Å². The zero-order valence-electron chi connectivity index (χ0n) is 29.5. The zero-order valence-corrected chi connectivity index (χ0v) is 31.1. The third kappa shape index (κ3) is 15.3. The highest BCUT2D eigenvalue weighted by molar-refractivity contribution is 8.13. The third-order valence-corrected chi connectivity index (χ3v) is 10.9. The van der Waals surface area contributed by atoms with Gasteiger partial charge < -0.3 is 55.8 Å². The standard InChI is InChI=1S/C34H59NO13S2/c1-5-20(6-2)33(46)49-18-22-9-10-24(13-23(22)19-50-34(47)21(7-3)8-4)48-12-11-35(14-25(38)29(42)31(44)27(40)16-36)15-26(39)30(43)32(45)28(41)17-37/h9-10,13,20-21,25-32,36-45H,5-8,11-12,14-19H2,1-4H3/t25-,26-,27+,28+,29+,30+,31+,32+/m0/s1. The van der Waals surface area contributed by atoms with Crippen LogP contribution in [-0.2, 0) is 21.1 Å². The van der Waals surface area contributed by atoms with Crippen LogP contribution in [0.4, 0.5) is 0 Å². The van der Waals surface area contributed by atoms with E-state index < -0.39 is 75.1 Å². The van der Waals surface area contributed by atoms with Crippen LogP contribution in [0.3, 0.4) is 0 Å². The fourth-order valence-corrected chi connectivity index (χ4v) is 7.45. The Kier molecular flexibility index (Phi) is 23.1. The fourth-order valence-electron chi connectivity index (χ4n) is 5.17. The van der Waals surface area contributed by atoms with E-state index in [1.54, 1.807) is 12.1 Å². The molecule has 1 aromatic carbocycles. The van der Waals surface area contributed by atoms with E-state index in [4.69, 9.17) is 14.9 Å². The molecule has 0 aliphatic heterocycles. The fraction of sp³-hybridized carbons (Fsp3) is 0.765. The summed E-state index contributed by atoms with van der Waals surface area (Å²) in [6.07, 6.45) is -11.6. The van der Waals surface area contributed by atoms with Crippen molar-refractivity contribution in [1.82, 2.24) is 4.90 Å². The summed E-state index contributed by atoms with van der Waals surface area (Å²) in [6.45, 7) is 5.19. The van der Waals surface area contributed by atoms with Gasteiger partial charge in [-0.2, -0.15) is 0 Å². The molecule has 0 amide bonds. The molecule has 0 aromatic heterocycles. The molecule has 16 heteroatoms. The van der Waals surface area contributed by atoms with Crippen LogP contribution >= 0.6 is 23.5 Å². The second kappa shape index (κ2) is 24.8. The lowest BCUT2D eigenvalue weighted by Crippen LogP contribution is -2.53. The number of carbonyl (C=O) groups excluding carboxylic acids is 2. The van der Waals surface area contributed by atoms with Crippen molar-refractivity contribution in [2.45, 2.75) is 114 Å². The summed E-state index contributed by atoms with van der Waals surface area (Å²) in [4.78, 5) is 26.9. The van der Waals surface area contributed by atoms with Gasteiger partial charge in [0.15, 0.2) is 10.2 Å². The molecule has 0 saturated carbocycles. The summed E-state index contributed by atoms with van der Waals surface area (Å²) in [5.74, 6) is 1.12. The van der Waals surface area contributed by atoms with E-state index in [1.165, 1.54) is 28.4 Å². The SMILES string of the molecule is CCC(CC)C(=O)SCc1ccc(OCCN(C[C@H](O)[C@@H](O)[C@H](O)[C@H](O)CO)C[C@H](O)[C@@H](O)[C@H](O)[C@H](O)CO)cc1CSC(=O)C(CC)CC. The summed E-state index contributed by atoms with van der Waals surface area (Å²) < 4.78 is 5.97. The lowest BCUT2D eigenvalue weighted by atomic mass is 10.0. The van der Waals surface area contributed by atoms with Crippen molar-refractivity contribution in [3.05, 3.63) is 29.3 Å². The molecule has 0 bridgehead atoms. The van der Waals surface area contributed by atoms with Gasteiger partial charge in [0.2, 0.25) is 0 Å². The minimum atomic E-state index is -1.91. The van der Waals surface area contributed by atoms with Crippen LogP contribution in [0, 0.1) is 11.8 Å². The highest BCUT2D eigenvalue weighted by Crippen LogP contribution is 2.30. The molecular weight excluding hydrogens is 695 g/mol. The van der Waals surface area contributed by atoms with Crippen molar-refractivity contribution in [2.24, 2.45) is 11.8 Å². The van der Waals surface area contributed by atoms with Crippen molar-refractivity contribution in [2.75, 3.05) is 39.5 Å². The molecule has 0 aliphatic rings. The maximum atomic E-state index is 12.8. The molecular formula is C34H59NO13S2. The van der Waals surface area contributed by atoms with E-state index in [1.807, 2.05) is 33.8 Å². The Balaban J connectivity index is 3.19. The number of hydrogen-bond acceptors (Lipinski definition) is 16. The summed E-state index contributed by atoms with van der Waals surface area (Å²) in [7, 11) is 0. The first-order valence-electron chi connectivity index (χ1n) is 17.2. The van der Waals surface area contributed by atoms with Crippen LogP contribution in [0.2, 0.25) is 0 Å². The van der Waals surface area contributed by atoms with Gasteiger partial charge >= 0.3 is 0 Å². The molecule has 1 aromatic rings. The zero-order chi connectivity index (χ0) is 38.0. The molecule has 0 radical (unpaired) electrons. The first-order valence-corrected chi connectivity index (χ1v) is 19.1. The van der Waals surface area contributed by atoms with Crippen molar-refractivity contribution in [3.63, 3.8) is 0 Å². The molecule has 290 valence electrons. The number of thioether (sulfide) groups is 2. The second-order valence-electron chi connectivity index (χ2n) is 12.4. The molecule has 0 fully saturated rings. The number of aliphatic hydroxyl groups excluding tert-OH is 10. The van der Waals surface area contributed by atoms with Crippen molar-refractivity contribution in [3.8, 4) is 5.75 Å². The van der Waals surface area contributed by atoms with E-state index in [2.05, 4.69) is 0 Å². The minimum absolute atomic E-state index is 0.0369. The van der Waals surface area contributed by atoms with E-state index in [9.17, 15) is 50.4 Å². The lowest BCUT2D eigenvalue weighted by Gasteiger charge is -2.33. The molecule has 50 heavy (non-hydrogen) atoms. The van der Waals surface area contributed by atoms with Gasteiger partial charge in [-0.05, 0) is 48.9 Å². The van der Waals surface area contributed by atoms with Crippen LogP contribution in [0.25, 0.3) is 0 Å². The Morgan fingerprint density at radius 1 is 0.640 bits per heavy atom. The Morgan fingerprint density at radius 2 is 1.04 bits per heavy atom. The molecule has 0 heterocycles. The van der Waals surface area contributed by atoms with E-state index in [-0.39, 0.29) is 35.2 Å². The van der Waals surface area contributed by atoms with E-state index in [0.717, 1.165) is 36.8 Å². The van der Waals surface area contributed by atoms with Gasteiger partial charge in [0.1, 0.15) is 49.0 Å². The first kappa shape index (κ1) is 46.6. The van der Waals surface area contributed by atoms with Gasteiger partial charge in [0, 0.05) is 43.0 Å². The Bertz CT molecular complexity index is 1080. The molecule has 14 nitrogen and oxygen atoms in total. The molecule has 8 atom stereocenters. The maximum absolute atomic E-state index is 12.8. The smallest absolute Gasteiger partial charge is 0.192 e. The van der Waals surface area contributed by atoms with Crippen molar-refractivity contribution < 1.29 is 65.4 Å². The van der Waals surface area contributed by atoms with Crippen molar-refractivity contribution in [1.29, 1.82) is 0 Å². The summed E-state index contributed by atoms with van der Waals surface area (Å²) >= 11 is 2.45. The molecule has 0 saturated heterocycles. The average Bonchev–Trinajstić information content (AvgIpc) is 3.12. The number of hydrogen-bond donors (Lipinski definition) is 10. The van der Waals surface area contributed by atoms with Crippen LogP contribution in [0.15, 0.2) is 18.2 Å². The first-order chi connectivity index (χ1) is 23.7. The molecule has 0 spiro atoms. The van der Waals surface area contributed by atoms with Gasteiger partial charge in [-0.25, -0.2) is 0 Å². The minimum Gasteiger partial charge on any atom is -0.492 e. The number of benzene rings is 1. The van der Waals surface area contributed by atoms with Gasteiger partial charge in [-0.1, -0.05) is 57.3 Å². The normalized spacial score (nSPS) is 17.0. The molecule has 0 aliphatic carbocycles. The predicted octanol–water partition coefficient (Wildman–Crippen LogP) is -0.369. The highest BCUT2D eigenvalue weighted by atomic mass is 32.2. The summed E-state index contributed by atoms with van der Waals surface area (Å²) in [5, 5.41) is 99.7. The monoisotopic (exact) mass is 753 g/mol. The van der Waals surface area contributed by atoms with E-state index >= 15 is 0 Å². The molecule has 0 unspecified atom stereocenters. The highest BCUT2D eigenvalue weighted by Gasteiger charge is 2.34. The Morgan fingerprint density at radius 3 is 1.44 bits per heavy atom. The van der Waals surface area contributed by atoms with Crippen LogP contribution < -0.4 is 4.74 Å². The van der Waals surface area contributed by atoms with Crippen LogP contribution in [0.5, 0.6) is 5.75 Å². The Labute approximate surface area is 303 Å². The van der Waals surface area contributed by atoms with E-state index in [0.29, 0.717) is 17.3 Å². The van der Waals surface area contributed by atoms with Crippen LogP contribution in [-0.4, -0.2) is 154 Å². The number of carbonyl (C=O) groups is 2. The Hall–Kier alpha value is -1.38. The average molecular weight is 754 g/mol. The number of nitrogens with zero attached hydrogens (tertiary/aromatic N) is 1. The largest absolute Gasteiger partial charge is 0.492 e. The van der Waals surface area contributed by atoms with Gasteiger partial charge in [-0.3, -0.25) is 14.5 Å². The van der Waals surface area contributed by atoms with Gasteiger partial charge in [-0.15, -0.1) is 0 Å². The number of aliphatic hydroxyl groups is 10. The molecule has 10 N–H and O–H groups in total. The quantitative estimate of drug-likeness (QED) is 0.0580. The second-order valence-corrected chi connectivity index (χ2v) is 14.3. The predicted molar refractivity (Wildman–Crippen MR) is 191 cm³/mol. The maximum Gasteiger partial charge on any atom is 0.192 e. The third-order valence-electron chi connectivity index (χ3n) is 8.77. The number of ether oxygens (including phenoxy) is 1.